The van der Waals surface area contributed by atoms with Gasteiger partial charge in [0.1, 0.15) is 36.1 Å². The number of fused-ring (bicyclic) bond motifs is 4. The topological polar surface area (TPSA) is 75.6 Å². The number of nitrogens with zero attached hydrogens (tertiary/aromatic N) is 5. The Bertz CT molecular complexity index is 1930. The highest BCUT2D eigenvalue weighted by Gasteiger charge is 2.45. The Morgan fingerprint density at radius 2 is 1.74 bits per heavy atom. The van der Waals surface area contributed by atoms with Gasteiger partial charge in [0.25, 0.3) is 0 Å². The van der Waals surface area contributed by atoms with Crippen LogP contribution in [0.25, 0.3) is 32.9 Å². The molecule has 53 heavy (non-hydrogen) atoms. The highest BCUT2D eigenvalue weighted by atomic mass is 19.4. The number of halogens is 5. The van der Waals surface area contributed by atoms with Gasteiger partial charge < -0.3 is 19.7 Å². The van der Waals surface area contributed by atoms with E-state index in [0.717, 1.165) is 69.8 Å². The fourth-order valence-corrected chi connectivity index (χ4v) is 8.28. The third-order valence-electron chi connectivity index (χ3n) is 10.6. The van der Waals surface area contributed by atoms with Gasteiger partial charge in [0.15, 0.2) is 5.82 Å². The van der Waals surface area contributed by atoms with Gasteiger partial charge in [-0.15, -0.1) is 0 Å². The minimum Gasteiger partial charge on any atom is -0.461 e. The summed E-state index contributed by atoms with van der Waals surface area (Å²) in [7, 11) is 1.01. The molecule has 0 aliphatic carbocycles. The number of anilines is 1. The van der Waals surface area contributed by atoms with Gasteiger partial charge in [0, 0.05) is 31.1 Å². The van der Waals surface area contributed by atoms with Crippen LogP contribution >= 0.6 is 0 Å². The standard InChI is InChI=1S/C34H36F2N6O.C3H5F3O.C2H6.CH4/c1-3-24-26-12-11-25-28-31(29(36)30(38-25)22-8-4-7-21-9-10-23(35)20(2)27(21)22)39-33(40-32(28)42(26)18-15-37-24)43-19-34-13-5-16-41(34)17-6-14-34;1-7-2-3(4,5)6;1-2;/h4,7-10,15,18,24,26,37H,3,5-6,11-14,16-17,19H2,1-2H3;2H2,1H3;1-2H3;1H4/t24-,26+;;;/m0.../s1. The van der Waals surface area contributed by atoms with Gasteiger partial charge in [0.2, 0.25) is 0 Å². The Morgan fingerprint density at radius 1 is 1.00 bits per heavy atom. The quantitative estimate of drug-likeness (QED) is 0.196. The third kappa shape index (κ3) is 7.78. The summed E-state index contributed by atoms with van der Waals surface area (Å²) in [6.07, 6.45) is 6.68. The monoisotopic (exact) mass is 742 g/mol. The minimum absolute atomic E-state index is 0. The van der Waals surface area contributed by atoms with Gasteiger partial charge in [-0.1, -0.05) is 52.5 Å². The molecule has 288 valence electrons. The minimum atomic E-state index is -4.17. The van der Waals surface area contributed by atoms with Gasteiger partial charge in [-0.25, -0.2) is 13.8 Å². The maximum atomic E-state index is 16.9. The molecule has 0 spiro atoms. The number of nitrogens with one attached hydrogen (secondary N) is 1. The molecular formula is C40H51F5N6O2. The Kier molecular flexibility index (Phi) is 12.5. The zero-order valence-electron chi connectivity index (χ0n) is 30.4. The van der Waals surface area contributed by atoms with Crippen LogP contribution in [0.15, 0.2) is 42.7 Å². The predicted octanol–water partition coefficient (Wildman–Crippen LogP) is 9.27. The molecular weight excluding hydrogens is 691 g/mol. The van der Waals surface area contributed by atoms with E-state index in [1.165, 1.54) is 6.07 Å². The van der Waals surface area contributed by atoms with Crippen LogP contribution in [0.3, 0.4) is 0 Å². The largest absolute Gasteiger partial charge is 0.461 e. The van der Waals surface area contributed by atoms with Gasteiger partial charge in [0.05, 0.1) is 22.7 Å². The lowest BCUT2D eigenvalue weighted by molar-refractivity contribution is -0.167. The maximum absolute atomic E-state index is 16.9. The van der Waals surface area contributed by atoms with Crippen molar-refractivity contribution in [2.75, 3.05) is 38.3 Å². The second kappa shape index (κ2) is 16.5. The number of hydrogen-bond acceptors (Lipinski definition) is 8. The molecule has 0 radical (unpaired) electrons. The van der Waals surface area contributed by atoms with E-state index in [-0.39, 0.29) is 48.1 Å². The molecule has 2 atom stereocenters. The van der Waals surface area contributed by atoms with E-state index in [1.807, 2.05) is 44.4 Å². The summed E-state index contributed by atoms with van der Waals surface area (Å²) in [5, 5.41) is 5.63. The smallest absolute Gasteiger partial charge is 0.411 e. The fraction of sp³-hybridized carbons (Fsp3) is 0.525. The average molecular weight is 743 g/mol. The number of methoxy groups -OCH3 is 1. The number of alkyl halides is 3. The summed E-state index contributed by atoms with van der Waals surface area (Å²) in [5.74, 6) is -0.220. The molecule has 13 heteroatoms. The van der Waals surface area contributed by atoms with Crippen LogP contribution in [0, 0.1) is 18.6 Å². The number of hydrogen-bond donors (Lipinski definition) is 1. The normalized spacial score (nSPS) is 19.9. The van der Waals surface area contributed by atoms with E-state index in [4.69, 9.17) is 19.7 Å². The number of aromatic nitrogens is 3. The molecule has 0 amide bonds. The van der Waals surface area contributed by atoms with Crippen LogP contribution in [0.1, 0.15) is 78.0 Å². The first kappa shape index (κ1) is 40.1. The molecule has 4 aliphatic heterocycles. The molecule has 2 aromatic carbocycles. The van der Waals surface area contributed by atoms with Crippen molar-refractivity contribution >= 4 is 27.5 Å². The van der Waals surface area contributed by atoms with Crippen molar-refractivity contribution in [3.8, 4) is 17.3 Å². The SMILES string of the molecule is C.CC.CC[C@@H]1NC=CN2c3nc(OCC45CCCN4CCC5)nc4c(F)c(-c5cccc6ccc(F)c(C)c56)nc(c34)CC[C@H]12.COCC(F)(F)F. The number of ether oxygens (including phenoxy) is 2. The second-order valence-corrected chi connectivity index (χ2v) is 13.6. The number of pyridine rings is 1. The van der Waals surface area contributed by atoms with Crippen LogP contribution in [-0.2, 0) is 11.2 Å². The van der Waals surface area contributed by atoms with Crippen LogP contribution in [-0.4, -0.2) is 77.1 Å². The maximum Gasteiger partial charge on any atom is 0.411 e. The first-order valence-electron chi connectivity index (χ1n) is 18.3. The molecule has 2 fully saturated rings. The van der Waals surface area contributed by atoms with E-state index in [9.17, 15) is 17.6 Å². The molecule has 6 heterocycles. The van der Waals surface area contributed by atoms with Gasteiger partial charge in [-0.3, -0.25) is 4.90 Å². The zero-order chi connectivity index (χ0) is 37.2. The van der Waals surface area contributed by atoms with E-state index < -0.39 is 18.6 Å². The van der Waals surface area contributed by atoms with E-state index in [0.29, 0.717) is 40.7 Å². The summed E-state index contributed by atoms with van der Waals surface area (Å²) in [5.41, 5.74) is 2.20. The van der Waals surface area contributed by atoms with E-state index in [2.05, 4.69) is 26.8 Å². The van der Waals surface area contributed by atoms with E-state index in [1.54, 1.807) is 13.0 Å². The van der Waals surface area contributed by atoms with Crippen molar-refractivity contribution < 1.29 is 31.4 Å². The molecule has 2 aromatic heterocycles. The highest BCUT2D eigenvalue weighted by molar-refractivity contribution is 6.01. The molecule has 8 rings (SSSR count). The summed E-state index contributed by atoms with van der Waals surface area (Å²) in [6.45, 7) is 9.42. The summed E-state index contributed by atoms with van der Waals surface area (Å²) in [4.78, 5) is 19.4. The number of aryl methyl sites for hydroxylation is 2. The van der Waals surface area contributed by atoms with Crippen molar-refractivity contribution in [3.63, 3.8) is 0 Å². The van der Waals surface area contributed by atoms with Crippen molar-refractivity contribution in [1.29, 1.82) is 0 Å². The fourth-order valence-electron chi connectivity index (χ4n) is 8.28. The Labute approximate surface area is 308 Å². The molecule has 1 N–H and O–H groups in total. The summed E-state index contributed by atoms with van der Waals surface area (Å²) >= 11 is 0. The van der Waals surface area contributed by atoms with Crippen LogP contribution in [0.2, 0.25) is 0 Å². The molecule has 0 saturated carbocycles. The number of benzene rings is 2. The first-order valence-corrected chi connectivity index (χ1v) is 18.3. The van der Waals surface area contributed by atoms with Crippen molar-refractivity contribution in [2.45, 2.75) is 104 Å². The Morgan fingerprint density at radius 3 is 2.40 bits per heavy atom. The molecule has 8 nitrogen and oxygen atoms in total. The highest BCUT2D eigenvalue weighted by Crippen LogP contribution is 2.43. The van der Waals surface area contributed by atoms with E-state index >= 15 is 4.39 Å². The van der Waals surface area contributed by atoms with Crippen LogP contribution < -0.4 is 15.0 Å². The third-order valence-corrected chi connectivity index (χ3v) is 10.6. The number of rotatable bonds is 6. The van der Waals surface area contributed by atoms with Gasteiger partial charge in [-0.05, 0) is 87.4 Å². The lowest BCUT2D eigenvalue weighted by Gasteiger charge is -2.38. The molecule has 0 unspecified atom stereocenters. The van der Waals surface area contributed by atoms with Crippen molar-refractivity contribution in [2.24, 2.45) is 0 Å². The molecule has 4 aromatic rings. The van der Waals surface area contributed by atoms with Crippen molar-refractivity contribution in [3.05, 3.63) is 65.6 Å². The second-order valence-electron chi connectivity index (χ2n) is 13.6. The zero-order valence-corrected chi connectivity index (χ0v) is 30.4. The Balaban J connectivity index is 0.000000489. The Hall–Kier alpha value is -4.10. The molecule has 2 saturated heterocycles. The average Bonchev–Trinajstić information content (AvgIpc) is 3.68. The van der Waals surface area contributed by atoms with Crippen LogP contribution in [0.4, 0.5) is 27.8 Å². The van der Waals surface area contributed by atoms with Crippen LogP contribution in [0.5, 0.6) is 6.01 Å². The lowest BCUT2D eigenvalue weighted by Crippen LogP contribution is -2.50. The predicted molar refractivity (Wildman–Crippen MR) is 200 cm³/mol. The molecule has 4 aliphatic rings. The van der Waals surface area contributed by atoms with Gasteiger partial charge in [-0.2, -0.15) is 23.1 Å². The van der Waals surface area contributed by atoms with Gasteiger partial charge >= 0.3 is 12.2 Å². The lowest BCUT2D eigenvalue weighted by atomic mass is 9.95. The summed E-state index contributed by atoms with van der Waals surface area (Å²) in [6, 6.07) is 9.33. The molecule has 0 bridgehead atoms. The first-order chi connectivity index (χ1) is 25.0. The van der Waals surface area contributed by atoms with Crippen molar-refractivity contribution in [1.82, 2.24) is 25.2 Å². The summed E-state index contributed by atoms with van der Waals surface area (Å²) < 4.78 is 74.7.